The number of aryl methyl sites for hydroxylation is 1. The van der Waals surface area contributed by atoms with Gasteiger partial charge in [-0.15, -0.1) is 5.10 Å². The van der Waals surface area contributed by atoms with Gasteiger partial charge in [-0.2, -0.15) is 4.98 Å². The molecule has 26 heavy (non-hydrogen) atoms. The van der Waals surface area contributed by atoms with Gasteiger partial charge in [-0.05, 0) is 25.0 Å². The van der Waals surface area contributed by atoms with E-state index in [1.165, 1.54) is 0 Å². The van der Waals surface area contributed by atoms with E-state index in [0.29, 0.717) is 35.9 Å². The zero-order chi connectivity index (χ0) is 17.9. The third-order valence-electron chi connectivity index (χ3n) is 4.59. The average Bonchev–Trinajstić information content (AvgIpc) is 3.37. The summed E-state index contributed by atoms with van der Waals surface area (Å²) >= 11 is 0. The lowest BCUT2D eigenvalue weighted by Crippen LogP contribution is -2.40. The Morgan fingerprint density at radius 3 is 2.92 bits per heavy atom. The number of nitrogens with zero attached hydrogens (tertiary/aromatic N) is 6. The van der Waals surface area contributed by atoms with Crippen LogP contribution < -0.4 is 0 Å². The van der Waals surface area contributed by atoms with Crippen molar-refractivity contribution < 1.29 is 9.32 Å². The molecule has 0 radical (unpaired) electrons. The largest absolute Gasteiger partial charge is 0.337 e. The summed E-state index contributed by atoms with van der Waals surface area (Å²) in [6.45, 7) is 3.34. The van der Waals surface area contributed by atoms with E-state index in [1.807, 2.05) is 48.4 Å². The molecule has 3 heterocycles. The molecule has 134 valence electrons. The van der Waals surface area contributed by atoms with E-state index in [-0.39, 0.29) is 11.9 Å². The molecule has 0 spiro atoms. The Morgan fingerprint density at radius 2 is 2.15 bits per heavy atom. The number of piperidine rings is 1. The monoisotopic (exact) mass is 352 g/mol. The summed E-state index contributed by atoms with van der Waals surface area (Å²) < 4.78 is 7.02. The SMILES string of the molecule is CCc1noc(-c2cn(C3CCCN(C(=O)c4ccccc4)C3)nn2)n1. The molecular weight excluding hydrogens is 332 g/mol. The van der Waals surface area contributed by atoms with Crippen molar-refractivity contribution in [3.8, 4) is 11.6 Å². The molecule has 1 saturated heterocycles. The first-order valence-electron chi connectivity index (χ1n) is 8.83. The van der Waals surface area contributed by atoms with E-state index in [9.17, 15) is 4.79 Å². The summed E-state index contributed by atoms with van der Waals surface area (Å²) in [5, 5.41) is 12.3. The van der Waals surface area contributed by atoms with Gasteiger partial charge in [-0.3, -0.25) is 4.79 Å². The number of benzene rings is 1. The minimum absolute atomic E-state index is 0.0557. The van der Waals surface area contributed by atoms with Crippen molar-refractivity contribution in [1.29, 1.82) is 0 Å². The zero-order valence-electron chi connectivity index (χ0n) is 14.6. The van der Waals surface area contributed by atoms with Crippen LogP contribution in [0.1, 0.15) is 42.0 Å². The van der Waals surface area contributed by atoms with Crippen LogP contribution in [0.25, 0.3) is 11.6 Å². The van der Waals surface area contributed by atoms with Crippen LogP contribution in [0, 0.1) is 0 Å². The van der Waals surface area contributed by atoms with Gasteiger partial charge in [0.25, 0.3) is 11.8 Å². The van der Waals surface area contributed by atoms with Gasteiger partial charge in [0.1, 0.15) is 0 Å². The molecule has 1 unspecified atom stereocenters. The molecule has 3 aromatic rings. The number of aromatic nitrogens is 5. The van der Waals surface area contributed by atoms with Crippen molar-refractivity contribution in [2.75, 3.05) is 13.1 Å². The van der Waals surface area contributed by atoms with Crippen LogP contribution in [0.4, 0.5) is 0 Å². The second-order valence-electron chi connectivity index (χ2n) is 6.37. The zero-order valence-corrected chi connectivity index (χ0v) is 14.6. The fourth-order valence-electron chi connectivity index (χ4n) is 3.17. The van der Waals surface area contributed by atoms with Crippen molar-refractivity contribution in [1.82, 2.24) is 30.0 Å². The highest BCUT2D eigenvalue weighted by Gasteiger charge is 2.27. The summed E-state index contributed by atoms with van der Waals surface area (Å²) in [4.78, 5) is 18.9. The molecule has 1 aliphatic rings. The predicted molar refractivity (Wildman–Crippen MR) is 93.3 cm³/mol. The normalized spacial score (nSPS) is 17.4. The molecule has 2 aromatic heterocycles. The summed E-state index contributed by atoms with van der Waals surface area (Å²) in [6, 6.07) is 9.46. The lowest BCUT2D eigenvalue weighted by atomic mass is 10.0. The van der Waals surface area contributed by atoms with Gasteiger partial charge in [0, 0.05) is 25.1 Å². The first kappa shape index (κ1) is 16.4. The highest BCUT2D eigenvalue weighted by molar-refractivity contribution is 5.94. The number of hydrogen-bond acceptors (Lipinski definition) is 6. The maximum Gasteiger partial charge on any atom is 0.280 e. The number of amides is 1. The fourth-order valence-corrected chi connectivity index (χ4v) is 3.17. The lowest BCUT2D eigenvalue weighted by molar-refractivity contribution is 0.0672. The highest BCUT2D eigenvalue weighted by Crippen LogP contribution is 2.24. The molecule has 1 fully saturated rings. The Hall–Kier alpha value is -3.03. The lowest BCUT2D eigenvalue weighted by Gasteiger charge is -2.32. The van der Waals surface area contributed by atoms with Gasteiger partial charge < -0.3 is 9.42 Å². The van der Waals surface area contributed by atoms with E-state index >= 15 is 0 Å². The first-order chi connectivity index (χ1) is 12.7. The van der Waals surface area contributed by atoms with Crippen LogP contribution >= 0.6 is 0 Å². The molecule has 1 amide bonds. The molecule has 0 aliphatic carbocycles. The van der Waals surface area contributed by atoms with Crippen LogP contribution in [0.15, 0.2) is 41.1 Å². The van der Waals surface area contributed by atoms with Crippen molar-refractivity contribution in [2.45, 2.75) is 32.2 Å². The Labute approximate surface area is 150 Å². The number of carbonyl (C=O) groups is 1. The number of rotatable bonds is 4. The molecule has 4 rings (SSSR count). The van der Waals surface area contributed by atoms with Crippen molar-refractivity contribution >= 4 is 5.91 Å². The summed E-state index contributed by atoms with van der Waals surface area (Å²) in [5.41, 5.74) is 1.27. The standard InChI is InChI=1S/C18H20N6O2/c1-2-16-19-17(26-21-16)15-12-24(22-20-15)14-9-6-10-23(11-14)18(25)13-7-4-3-5-8-13/h3-5,7-8,12,14H,2,6,9-11H2,1H3. The molecule has 0 bridgehead atoms. The predicted octanol–water partition coefficient (Wildman–Crippen LogP) is 2.37. The fraction of sp³-hybridized carbons (Fsp3) is 0.389. The molecule has 1 atom stereocenters. The summed E-state index contributed by atoms with van der Waals surface area (Å²) in [5.74, 6) is 1.08. The maximum absolute atomic E-state index is 12.7. The number of carbonyl (C=O) groups excluding carboxylic acids is 1. The van der Waals surface area contributed by atoms with Crippen LogP contribution in [-0.4, -0.2) is 49.0 Å². The molecule has 0 saturated carbocycles. The topological polar surface area (TPSA) is 89.9 Å². The van der Waals surface area contributed by atoms with Gasteiger partial charge in [0.05, 0.1) is 12.2 Å². The average molecular weight is 352 g/mol. The molecule has 1 aromatic carbocycles. The second kappa shape index (κ2) is 7.07. The van der Waals surface area contributed by atoms with Gasteiger partial charge in [-0.1, -0.05) is 35.5 Å². The van der Waals surface area contributed by atoms with Crippen LogP contribution in [0.2, 0.25) is 0 Å². The second-order valence-corrected chi connectivity index (χ2v) is 6.37. The number of hydrogen-bond donors (Lipinski definition) is 0. The van der Waals surface area contributed by atoms with Crippen molar-refractivity contribution in [3.63, 3.8) is 0 Å². The van der Waals surface area contributed by atoms with E-state index in [4.69, 9.17) is 4.52 Å². The summed E-state index contributed by atoms with van der Waals surface area (Å²) in [6.07, 6.45) is 4.40. The minimum Gasteiger partial charge on any atom is -0.337 e. The van der Waals surface area contributed by atoms with Gasteiger partial charge in [0.15, 0.2) is 11.5 Å². The van der Waals surface area contributed by atoms with Crippen LogP contribution in [-0.2, 0) is 6.42 Å². The molecule has 8 heteroatoms. The highest BCUT2D eigenvalue weighted by atomic mass is 16.5. The maximum atomic E-state index is 12.7. The Balaban J connectivity index is 1.49. The van der Waals surface area contributed by atoms with Crippen molar-refractivity contribution in [3.05, 3.63) is 47.9 Å². The van der Waals surface area contributed by atoms with Gasteiger partial charge in [0.2, 0.25) is 0 Å². The minimum atomic E-state index is 0.0557. The van der Waals surface area contributed by atoms with Crippen LogP contribution in [0.5, 0.6) is 0 Å². The van der Waals surface area contributed by atoms with E-state index in [2.05, 4.69) is 20.5 Å². The third kappa shape index (κ3) is 3.22. The quantitative estimate of drug-likeness (QED) is 0.716. The smallest absolute Gasteiger partial charge is 0.280 e. The Morgan fingerprint density at radius 1 is 1.31 bits per heavy atom. The van der Waals surface area contributed by atoms with E-state index < -0.39 is 0 Å². The van der Waals surface area contributed by atoms with E-state index in [0.717, 1.165) is 19.4 Å². The summed E-state index contributed by atoms with van der Waals surface area (Å²) in [7, 11) is 0. The third-order valence-corrected chi connectivity index (χ3v) is 4.59. The molecule has 0 N–H and O–H groups in total. The molecule has 1 aliphatic heterocycles. The van der Waals surface area contributed by atoms with Crippen molar-refractivity contribution in [2.24, 2.45) is 0 Å². The Kier molecular flexibility index (Phi) is 4.47. The van der Waals surface area contributed by atoms with Gasteiger partial charge in [-0.25, -0.2) is 4.68 Å². The molecule has 8 nitrogen and oxygen atoms in total. The molecular formula is C18H20N6O2. The first-order valence-corrected chi connectivity index (χ1v) is 8.83. The Bertz CT molecular complexity index is 888. The van der Waals surface area contributed by atoms with Crippen LogP contribution in [0.3, 0.4) is 0 Å². The van der Waals surface area contributed by atoms with Gasteiger partial charge >= 0.3 is 0 Å². The van der Waals surface area contributed by atoms with E-state index in [1.54, 1.807) is 4.68 Å². The number of likely N-dealkylation sites (tertiary alicyclic amines) is 1.